The second kappa shape index (κ2) is 5.15. The van der Waals surface area contributed by atoms with Crippen LogP contribution in [-0.2, 0) is 0 Å². The molecule has 5 heteroatoms. The first-order chi connectivity index (χ1) is 9.66. The van der Waals surface area contributed by atoms with E-state index in [2.05, 4.69) is 11.9 Å². The molecule has 1 aromatic heterocycles. The molecule has 0 aliphatic heterocycles. The summed E-state index contributed by atoms with van der Waals surface area (Å²) in [6, 6.07) is 9.43. The van der Waals surface area contributed by atoms with Gasteiger partial charge in [-0.25, -0.2) is 14.3 Å². The first-order valence-electron chi connectivity index (χ1n) is 7.16. The minimum Gasteiger partial charge on any atom is -0.256 e. The largest absolute Gasteiger partial charge is 0.349 e. The first kappa shape index (κ1) is 13.0. The maximum absolute atomic E-state index is 12.1. The lowest BCUT2D eigenvalue weighted by atomic mass is 9.87. The Kier molecular flexibility index (Phi) is 3.34. The van der Waals surface area contributed by atoms with Crippen LogP contribution in [0.1, 0.15) is 38.6 Å². The lowest BCUT2D eigenvalue weighted by Crippen LogP contribution is -2.31. The van der Waals surface area contributed by atoms with Crippen molar-refractivity contribution in [3.05, 3.63) is 51.3 Å². The maximum atomic E-state index is 12.1. The van der Waals surface area contributed by atoms with Crippen LogP contribution in [-0.4, -0.2) is 14.3 Å². The third kappa shape index (κ3) is 2.24. The van der Waals surface area contributed by atoms with Crippen LogP contribution in [0.4, 0.5) is 0 Å². The molecule has 1 saturated carbocycles. The molecular weight excluding hydrogens is 254 g/mol. The molecule has 106 valence electrons. The van der Waals surface area contributed by atoms with Gasteiger partial charge in [0.05, 0.1) is 11.7 Å². The molecule has 0 atom stereocenters. The first-order valence-corrected chi connectivity index (χ1v) is 7.16. The Labute approximate surface area is 116 Å². The van der Waals surface area contributed by atoms with Crippen molar-refractivity contribution in [2.24, 2.45) is 5.92 Å². The normalized spacial score (nSPS) is 22.9. The fourth-order valence-corrected chi connectivity index (χ4v) is 3.02. The molecule has 0 saturated heterocycles. The van der Waals surface area contributed by atoms with E-state index in [1.54, 1.807) is 4.68 Å². The molecular formula is C15H19N3O2. The zero-order chi connectivity index (χ0) is 14.1. The summed E-state index contributed by atoms with van der Waals surface area (Å²) in [6.07, 6.45) is 4.10. The average molecular weight is 273 g/mol. The molecule has 1 aliphatic carbocycles. The molecule has 1 aromatic carbocycles. The number of rotatable bonds is 2. The summed E-state index contributed by atoms with van der Waals surface area (Å²) in [6.45, 7) is 2.24. The second-order valence-electron chi connectivity index (χ2n) is 5.64. The van der Waals surface area contributed by atoms with Gasteiger partial charge in [0.2, 0.25) is 0 Å². The Morgan fingerprint density at radius 2 is 1.65 bits per heavy atom. The number of para-hydroxylation sites is 1. The number of nitrogens with one attached hydrogen (secondary N) is 1. The van der Waals surface area contributed by atoms with E-state index in [0.717, 1.165) is 31.4 Å². The smallest absolute Gasteiger partial charge is 0.256 e. The van der Waals surface area contributed by atoms with Gasteiger partial charge in [-0.05, 0) is 43.7 Å². The Hall–Kier alpha value is -2.04. The zero-order valence-corrected chi connectivity index (χ0v) is 11.6. The molecule has 5 nitrogen and oxygen atoms in total. The third-order valence-electron chi connectivity index (χ3n) is 4.16. The standard InChI is InChI=1S/C15H19N3O2/c1-11-7-9-13(10-8-11)18-15(20)16-14(19)17(18)12-5-3-2-4-6-12/h2-6,11,13H,7-10H2,1H3,(H,16,19,20). The van der Waals surface area contributed by atoms with Crippen molar-refractivity contribution < 1.29 is 0 Å². The van der Waals surface area contributed by atoms with Crippen LogP contribution in [0.25, 0.3) is 5.69 Å². The Balaban J connectivity index is 2.07. The van der Waals surface area contributed by atoms with Gasteiger partial charge >= 0.3 is 11.4 Å². The third-order valence-corrected chi connectivity index (χ3v) is 4.16. The highest BCUT2D eigenvalue weighted by Gasteiger charge is 2.24. The van der Waals surface area contributed by atoms with E-state index in [9.17, 15) is 9.59 Å². The van der Waals surface area contributed by atoms with Crippen LogP contribution in [0, 0.1) is 5.92 Å². The highest BCUT2D eigenvalue weighted by molar-refractivity contribution is 5.29. The van der Waals surface area contributed by atoms with Crippen molar-refractivity contribution >= 4 is 0 Å². The number of aromatic nitrogens is 3. The highest BCUT2D eigenvalue weighted by Crippen LogP contribution is 2.30. The van der Waals surface area contributed by atoms with E-state index in [-0.39, 0.29) is 17.4 Å². The topological polar surface area (TPSA) is 59.8 Å². The average Bonchev–Trinajstić information content (AvgIpc) is 2.75. The van der Waals surface area contributed by atoms with E-state index in [1.165, 1.54) is 4.68 Å². The SMILES string of the molecule is CC1CCC(n2c(=O)[nH]c(=O)n2-c2ccccc2)CC1. The van der Waals surface area contributed by atoms with E-state index in [1.807, 2.05) is 30.3 Å². The van der Waals surface area contributed by atoms with Crippen LogP contribution in [0.3, 0.4) is 0 Å². The summed E-state index contributed by atoms with van der Waals surface area (Å²) in [5, 5.41) is 0. The number of aromatic amines is 1. The van der Waals surface area contributed by atoms with Gasteiger partial charge in [-0.3, -0.25) is 4.98 Å². The Bertz CT molecular complexity index is 688. The number of hydrogen-bond acceptors (Lipinski definition) is 2. The van der Waals surface area contributed by atoms with Crippen LogP contribution in [0.5, 0.6) is 0 Å². The van der Waals surface area contributed by atoms with Crippen molar-refractivity contribution in [2.45, 2.75) is 38.6 Å². The summed E-state index contributed by atoms with van der Waals surface area (Å²) in [7, 11) is 0. The fraction of sp³-hybridized carbons (Fsp3) is 0.467. The summed E-state index contributed by atoms with van der Waals surface area (Å²) in [5.41, 5.74) is 0.0627. The monoisotopic (exact) mass is 273 g/mol. The van der Waals surface area contributed by atoms with E-state index >= 15 is 0 Å². The molecule has 1 fully saturated rings. The van der Waals surface area contributed by atoms with Crippen molar-refractivity contribution in [3.8, 4) is 5.69 Å². The van der Waals surface area contributed by atoms with Crippen molar-refractivity contribution in [3.63, 3.8) is 0 Å². The molecule has 3 rings (SSSR count). The Morgan fingerprint density at radius 1 is 1.00 bits per heavy atom. The lowest BCUT2D eigenvalue weighted by molar-refractivity contribution is 0.257. The van der Waals surface area contributed by atoms with Crippen LogP contribution >= 0.6 is 0 Å². The van der Waals surface area contributed by atoms with Crippen LogP contribution in [0.2, 0.25) is 0 Å². The van der Waals surface area contributed by atoms with Crippen molar-refractivity contribution in [1.82, 2.24) is 14.3 Å². The van der Waals surface area contributed by atoms with Crippen molar-refractivity contribution in [2.75, 3.05) is 0 Å². The molecule has 0 unspecified atom stereocenters. The molecule has 20 heavy (non-hydrogen) atoms. The molecule has 1 N–H and O–H groups in total. The second-order valence-corrected chi connectivity index (χ2v) is 5.64. The van der Waals surface area contributed by atoms with Gasteiger partial charge in [-0.1, -0.05) is 25.1 Å². The number of benzene rings is 1. The van der Waals surface area contributed by atoms with Gasteiger partial charge < -0.3 is 0 Å². The predicted molar refractivity (Wildman–Crippen MR) is 77.3 cm³/mol. The van der Waals surface area contributed by atoms with E-state index in [0.29, 0.717) is 5.92 Å². The summed E-state index contributed by atoms with van der Waals surface area (Å²) >= 11 is 0. The predicted octanol–water partition coefficient (Wildman–Crippen LogP) is 2.08. The molecule has 0 bridgehead atoms. The molecule has 2 aromatic rings. The van der Waals surface area contributed by atoms with Gasteiger partial charge in [0.15, 0.2) is 0 Å². The molecule has 1 heterocycles. The van der Waals surface area contributed by atoms with E-state index < -0.39 is 0 Å². The molecule has 0 spiro atoms. The Morgan fingerprint density at radius 3 is 2.30 bits per heavy atom. The molecule has 0 amide bonds. The quantitative estimate of drug-likeness (QED) is 0.910. The van der Waals surface area contributed by atoms with Gasteiger partial charge in [-0.15, -0.1) is 0 Å². The minimum absolute atomic E-state index is 0.109. The molecule has 0 radical (unpaired) electrons. The van der Waals surface area contributed by atoms with Gasteiger partial charge in [0, 0.05) is 0 Å². The lowest BCUT2D eigenvalue weighted by Gasteiger charge is -2.27. The van der Waals surface area contributed by atoms with Crippen molar-refractivity contribution in [1.29, 1.82) is 0 Å². The summed E-state index contributed by atoms with van der Waals surface area (Å²) in [5.74, 6) is 0.706. The minimum atomic E-state index is -0.361. The van der Waals surface area contributed by atoms with Crippen LogP contribution < -0.4 is 11.4 Å². The van der Waals surface area contributed by atoms with Gasteiger partial charge in [0.25, 0.3) is 0 Å². The number of H-pyrrole nitrogens is 1. The van der Waals surface area contributed by atoms with Crippen LogP contribution in [0.15, 0.2) is 39.9 Å². The van der Waals surface area contributed by atoms with Gasteiger partial charge in [0.1, 0.15) is 0 Å². The number of hydrogen-bond donors (Lipinski definition) is 1. The van der Waals surface area contributed by atoms with E-state index in [4.69, 9.17) is 0 Å². The number of nitrogens with zero attached hydrogens (tertiary/aromatic N) is 2. The summed E-state index contributed by atoms with van der Waals surface area (Å²) < 4.78 is 3.08. The van der Waals surface area contributed by atoms with Gasteiger partial charge in [-0.2, -0.15) is 4.68 Å². The molecule has 1 aliphatic rings. The zero-order valence-electron chi connectivity index (χ0n) is 11.6. The fourth-order valence-electron chi connectivity index (χ4n) is 3.02. The maximum Gasteiger partial charge on any atom is 0.349 e. The summed E-state index contributed by atoms with van der Waals surface area (Å²) in [4.78, 5) is 26.6. The highest BCUT2D eigenvalue weighted by atomic mass is 16.2.